The van der Waals surface area contributed by atoms with Crippen molar-refractivity contribution in [1.29, 1.82) is 0 Å². The molecule has 0 heterocycles. The predicted molar refractivity (Wildman–Crippen MR) is 77.4 cm³/mol. The molecule has 1 aromatic rings. The average molecular weight is 270 g/mol. The van der Waals surface area contributed by atoms with Crippen LogP contribution < -0.4 is 5.32 Å². The van der Waals surface area contributed by atoms with Gasteiger partial charge in [-0.3, -0.25) is 0 Å². The topological polar surface area (TPSA) is 12.0 Å². The third-order valence-electron chi connectivity index (χ3n) is 2.70. The van der Waals surface area contributed by atoms with Gasteiger partial charge < -0.3 is 5.32 Å². The van der Waals surface area contributed by atoms with Crippen LogP contribution in [0.25, 0.3) is 6.08 Å². The molecular formula is C15H21ClFN. The Morgan fingerprint density at radius 2 is 2.17 bits per heavy atom. The molecule has 100 valence electrons. The molecule has 0 aromatic heterocycles. The Labute approximate surface area is 114 Å². The highest BCUT2D eigenvalue weighted by molar-refractivity contribution is 6.30. The van der Waals surface area contributed by atoms with Gasteiger partial charge in [0.1, 0.15) is 5.82 Å². The Kier molecular flexibility index (Phi) is 6.37. The number of halogens is 2. The summed E-state index contributed by atoms with van der Waals surface area (Å²) in [5.74, 6) is 0.278. The highest BCUT2D eigenvalue weighted by Gasteiger charge is 2.05. The minimum absolute atomic E-state index is 0.175. The van der Waals surface area contributed by atoms with Gasteiger partial charge in [0, 0.05) is 12.1 Å². The lowest BCUT2D eigenvalue weighted by Crippen LogP contribution is -2.21. The second kappa shape index (κ2) is 7.55. The van der Waals surface area contributed by atoms with E-state index in [1.807, 2.05) is 6.08 Å². The largest absolute Gasteiger partial charge is 0.313 e. The van der Waals surface area contributed by atoms with Gasteiger partial charge in [-0.2, -0.15) is 0 Å². The van der Waals surface area contributed by atoms with Gasteiger partial charge in [0.05, 0.1) is 5.02 Å². The maximum Gasteiger partial charge on any atom is 0.148 e. The summed E-state index contributed by atoms with van der Waals surface area (Å²) >= 11 is 5.77. The van der Waals surface area contributed by atoms with Gasteiger partial charge in [0.15, 0.2) is 0 Å². The Balaban J connectivity index is 2.74. The van der Waals surface area contributed by atoms with E-state index in [-0.39, 0.29) is 10.8 Å². The van der Waals surface area contributed by atoms with Crippen LogP contribution in [-0.2, 0) is 0 Å². The zero-order chi connectivity index (χ0) is 13.5. The van der Waals surface area contributed by atoms with E-state index in [9.17, 15) is 4.39 Å². The molecule has 0 atom stereocenters. The minimum atomic E-state index is -0.339. The molecule has 0 fully saturated rings. The first kappa shape index (κ1) is 15.2. The van der Waals surface area contributed by atoms with Gasteiger partial charge in [-0.05, 0) is 24.9 Å². The van der Waals surface area contributed by atoms with Crippen LogP contribution in [0.5, 0.6) is 0 Å². The third kappa shape index (κ3) is 4.79. The number of benzene rings is 1. The average Bonchev–Trinajstić information content (AvgIpc) is 2.33. The molecule has 3 heteroatoms. The molecule has 18 heavy (non-hydrogen) atoms. The lowest BCUT2D eigenvalue weighted by atomic mass is 10.1. The molecule has 0 amide bonds. The molecule has 0 aliphatic carbocycles. The van der Waals surface area contributed by atoms with Gasteiger partial charge in [-0.1, -0.05) is 56.2 Å². The van der Waals surface area contributed by atoms with Gasteiger partial charge in [0.25, 0.3) is 0 Å². The molecule has 0 unspecified atom stereocenters. The van der Waals surface area contributed by atoms with Crippen LogP contribution in [0.4, 0.5) is 4.39 Å². The van der Waals surface area contributed by atoms with Crippen LogP contribution >= 0.6 is 11.6 Å². The number of hydrogen-bond acceptors (Lipinski definition) is 1. The predicted octanol–water partition coefficient (Wildman–Crippen LogP) is 4.52. The monoisotopic (exact) mass is 269 g/mol. The van der Waals surface area contributed by atoms with E-state index in [2.05, 4.69) is 26.1 Å². The second-order valence-corrected chi connectivity index (χ2v) is 5.23. The fourth-order valence-electron chi connectivity index (χ4n) is 1.65. The molecule has 1 aromatic carbocycles. The smallest absolute Gasteiger partial charge is 0.148 e. The first-order chi connectivity index (χ1) is 8.54. The summed E-state index contributed by atoms with van der Waals surface area (Å²) in [4.78, 5) is 0. The highest BCUT2D eigenvalue weighted by Crippen LogP contribution is 2.20. The van der Waals surface area contributed by atoms with Crippen molar-refractivity contribution >= 4 is 17.7 Å². The summed E-state index contributed by atoms with van der Waals surface area (Å²) in [5.41, 5.74) is 1.74. The van der Waals surface area contributed by atoms with Crippen molar-refractivity contribution in [2.24, 2.45) is 5.92 Å². The lowest BCUT2D eigenvalue weighted by molar-refractivity contribution is 0.569. The third-order valence-corrected chi connectivity index (χ3v) is 2.99. The van der Waals surface area contributed by atoms with Gasteiger partial charge in [-0.15, -0.1) is 0 Å². The lowest BCUT2D eigenvalue weighted by Gasteiger charge is -2.10. The maximum atomic E-state index is 13.8. The van der Waals surface area contributed by atoms with Gasteiger partial charge in [-0.25, -0.2) is 4.39 Å². The zero-order valence-corrected chi connectivity index (χ0v) is 12.0. The van der Waals surface area contributed by atoms with E-state index >= 15 is 0 Å². The van der Waals surface area contributed by atoms with E-state index in [0.717, 1.165) is 19.5 Å². The van der Waals surface area contributed by atoms with E-state index in [0.29, 0.717) is 11.5 Å². The van der Waals surface area contributed by atoms with E-state index in [1.54, 1.807) is 18.2 Å². The molecule has 1 rings (SSSR count). The maximum absolute atomic E-state index is 13.8. The molecule has 0 aliphatic rings. The molecule has 1 N–H and O–H groups in total. The summed E-state index contributed by atoms with van der Waals surface area (Å²) in [7, 11) is 0. The van der Waals surface area contributed by atoms with Crippen LogP contribution in [-0.4, -0.2) is 13.1 Å². The van der Waals surface area contributed by atoms with Crippen molar-refractivity contribution in [2.45, 2.75) is 27.2 Å². The molecule has 0 saturated carbocycles. The zero-order valence-electron chi connectivity index (χ0n) is 11.3. The number of hydrogen-bond donors (Lipinski definition) is 1. The molecule has 0 spiro atoms. The standard InChI is InChI=1S/C15H21ClFN/c1-4-12(10-18-9-11(2)3)8-13-6-5-7-14(16)15(13)17/h5-8,11,18H,4,9-10H2,1-3H3/b12-8-. The van der Waals surface area contributed by atoms with Gasteiger partial charge >= 0.3 is 0 Å². The Morgan fingerprint density at radius 3 is 2.78 bits per heavy atom. The molecule has 0 saturated heterocycles. The van der Waals surface area contributed by atoms with Crippen molar-refractivity contribution < 1.29 is 4.39 Å². The van der Waals surface area contributed by atoms with Crippen molar-refractivity contribution in [2.75, 3.05) is 13.1 Å². The van der Waals surface area contributed by atoms with Crippen LogP contribution in [0.15, 0.2) is 23.8 Å². The summed E-state index contributed by atoms with van der Waals surface area (Å²) in [6.07, 6.45) is 2.78. The highest BCUT2D eigenvalue weighted by atomic mass is 35.5. The first-order valence-corrected chi connectivity index (χ1v) is 6.76. The first-order valence-electron chi connectivity index (χ1n) is 6.38. The van der Waals surface area contributed by atoms with E-state index in [1.165, 1.54) is 5.57 Å². The van der Waals surface area contributed by atoms with Crippen LogP contribution in [0.3, 0.4) is 0 Å². The minimum Gasteiger partial charge on any atom is -0.313 e. The molecular weight excluding hydrogens is 249 g/mol. The van der Waals surface area contributed by atoms with E-state index in [4.69, 9.17) is 11.6 Å². The summed E-state index contributed by atoms with van der Waals surface area (Å²) in [6.45, 7) is 8.17. The molecule has 0 radical (unpaired) electrons. The van der Waals surface area contributed by atoms with Crippen LogP contribution in [0.2, 0.25) is 5.02 Å². The van der Waals surface area contributed by atoms with Crippen molar-refractivity contribution in [3.8, 4) is 0 Å². The summed E-state index contributed by atoms with van der Waals surface area (Å²) in [5, 5.41) is 3.54. The number of nitrogens with one attached hydrogen (secondary N) is 1. The van der Waals surface area contributed by atoms with Crippen molar-refractivity contribution in [3.63, 3.8) is 0 Å². The summed E-state index contributed by atoms with van der Waals surface area (Å²) in [6, 6.07) is 5.09. The normalized spacial score (nSPS) is 12.2. The number of rotatable bonds is 6. The van der Waals surface area contributed by atoms with Gasteiger partial charge in [0.2, 0.25) is 0 Å². The van der Waals surface area contributed by atoms with E-state index < -0.39 is 0 Å². The quantitative estimate of drug-likeness (QED) is 0.801. The molecule has 0 aliphatic heterocycles. The Morgan fingerprint density at radius 1 is 1.44 bits per heavy atom. The molecule has 1 nitrogen and oxygen atoms in total. The molecule has 0 bridgehead atoms. The fraction of sp³-hybridized carbons (Fsp3) is 0.467. The second-order valence-electron chi connectivity index (χ2n) is 4.82. The Hall–Kier alpha value is -0.860. The van der Waals surface area contributed by atoms with Crippen LogP contribution in [0, 0.1) is 11.7 Å². The van der Waals surface area contributed by atoms with Crippen molar-refractivity contribution in [3.05, 3.63) is 40.2 Å². The Bertz CT molecular complexity index is 413. The summed E-state index contributed by atoms with van der Waals surface area (Å²) < 4.78 is 13.8. The fourth-order valence-corrected chi connectivity index (χ4v) is 1.83. The van der Waals surface area contributed by atoms with Crippen molar-refractivity contribution in [1.82, 2.24) is 5.32 Å². The van der Waals surface area contributed by atoms with Crippen LogP contribution in [0.1, 0.15) is 32.8 Å². The SMILES string of the molecule is CC/C(=C/c1cccc(Cl)c1F)CNCC(C)C.